The van der Waals surface area contributed by atoms with Gasteiger partial charge < -0.3 is 9.80 Å². The second-order valence-electron chi connectivity index (χ2n) is 19.8. The van der Waals surface area contributed by atoms with Crippen molar-refractivity contribution in [1.29, 1.82) is 0 Å². The molecule has 0 aliphatic heterocycles. The molecule has 0 saturated carbocycles. The highest BCUT2D eigenvalue weighted by molar-refractivity contribution is 6.07. The summed E-state index contributed by atoms with van der Waals surface area (Å²) in [4.78, 5) is 4.82. The highest BCUT2D eigenvalue weighted by Crippen LogP contribution is 2.58. The Hall–Kier alpha value is -7.94. The largest absolute Gasteiger partial charge is 0.311 e. The number of para-hydroxylation sites is 2. The Bertz CT molecular complexity index is 3400. The second kappa shape index (κ2) is 16.7. The molecule has 0 unspecified atom stereocenters. The van der Waals surface area contributed by atoms with Crippen molar-refractivity contribution in [1.82, 2.24) is 0 Å². The van der Waals surface area contributed by atoms with E-state index in [1.54, 1.807) is 33.0 Å². The average Bonchev–Trinajstić information content (AvgIpc) is 3.65. The maximum absolute atomic E-state index is 2.59. The molecule has 0 heterocycles. The van der Waals surface area contributed by atoms with Crippen LogP contribution in [0.4, 0.5) is 34.1 Å². The van der Waals surface area contributed by atoms with Crippen LogP contribution in [0.25, 0.3) is 55.3 Å². The Morgan fingerprint density at radius 3 is 1.30 bits per heavy atom. The van der Waals surface area contributed by atoms with Crippen molar-refractivity contribution >= 4 is 44.9 Å². The standard InChI is InChI=1S/C67H54N2/c1-67(2)62-44-56(69(54-35-29-47(30-36-54)45-17-7-3-8-18-45)55-37-31-48(32-38-55)46-19-9-4-10-20-46)41-42-58(62)65-59-27-15-21-50-43-61(57-26-16-28-60(66(65)67)64(57)63(50)59)49-33-39-53(40-34-49)68(51-22-11-5-12-23-51)52-24-13-6-14-25-52/h3-14,17-20,22-25,29-44H,15-16,21,26-28H2,1-2H3. The van der Waals surface area contributed by atoms with Crippen LogP contribution >= 0.6 is 0 Å². The van der Waals surface area contributed by atoms with Gasteiger partial charge in [0.15, 0.2) is 0 Å². The van der Waals surface area contributed by atoms with Gasteiger partial charge in [0.25, 0.3) is 0 Å². The number of fused-ring (bicyclic) bond motifs is 5. The molecule has 0 atom stereocenters. The lowest BCUT2D eigenvalue weighted by Gasteiger charge is -2.33. The van der Waals surface area contributed by atoms with Crippen molar-refractivity contribution in [3.63, 3.8) is 0 Å². The summed E-state index contributed by atoms with van der Waals surface area (Å²) in [6.45, 7) is 5.02. The summed E-state index contributed by atoms with van der Waals surface area (Å²) in [6, 6.07) is 80.5. The molecule has 0 amide bonds. The molecule has 13 rings (SSSR count). The molecular formula is C67H54N2. The molecule has 2 heteroatoms. The highest BCUT2D eigenvalue weighted by Gasteiger charge is 2.42. The van der Waals surface area contributed by atoms with Gasteiger partial charge >= 0.3 is 0 Å². The summed E-state index contributed by atoms with van der Waals surface area (Å²) < 4.78 is 0. The molecule has 0 fully saturated rings. The van der Waals surface area contributed by atoms with Crippen molar-refractivity contribution in [2.75, 3.05) is 9.80 Å². The Balaban J connectivity index is 0.928. The zero-order valence-corrected chi connectivity index (χ0v) is 39.4. The molecule has 3 aliphatic carbocycles. The number of nitrogens with zero attached hydrogens (tertiary/aromatic N) is 2. The van der Waals surface area contributed by atoms with Crippen LogP contribution in [0.1, 0.15) is 60.1 Å². The topological polar surface area (TPSA) is 6.48 Å². The average molecular weight is 887 g/mol. The molecule has 332 valence electrons. The number of rotatable bonds is 9. The molecule has 0 spiro atoms. The zero-order valence-electron chi connectivity index (χ0n) is 39.4. The first-order valence-electron chi connectivity index (χ1n) is 24.9. The van der Waals surface area contributed by atoms with Crippen LogP contribution in [-0.2, 0) is 31.1 Å². The monoisotopic (exact) mass is 886 g/mol. The van der Waals surface area contributed by atoms with E-state index in [1.165, 1.54) is 73.4 Å². The van der Waals surface area contributed by atoms with E-state index in [9.17, 15) is 0 Å². The molecule has 2 nitrogen and oxygen atoms in total. The Labute approximate surface area is 406 Å². The molecule has 10 aromatic carbocycles. The van der Waals surface area contributed by atoms with Crippen LogP contribution in [0.2, 0.25) is 0 Å². The summed E-state index contributed by atoms with van der Waals surface area (Å²) in [5, 5.41) is 3.14. The van der Waals surface area contributed by atoms with Gasteiger partial charge in [-0.15, -0.1) is 0 Å². The lowest BCUT2D eigenvalue weighted by Crippen LogP contribution is -2.21. The van der Waals surface area contributed by atoms with Crippen molar-refractivity contribution < 1.29 is 0 Å². The lowest BCUT2D eigenvalue weighted by atomic mass is 9.70. The summed E-state index contributed by atoms with van der Waals surface area (Å²) in [6.07, 6.45) is 6.82. The van der Waals surface area contributed by atoms with Crippen molar-refractivity contribution in [3.05, 3.63) is 252 Å². The summed E-state index contributed by atoms with van der Waals surface area (Å²) in [5.41, 5.74) is 26.6. The number of anilines is 6. The second-order valence-corrected chi connectivity index (χ2v) is 19.8. The van der Waals surface area contributed by atoms with E-state index in [0.717, 1.165) is 54.9 Å². The molecule has 3 aliphatic rings. The number of hydrogen-bond acceptors (Lipinski definition) is 2. The van der Waals surface area contributed by atoms with Crippen LogP contribution in [-0.4, -0.2) is 0 Å². The van der Waals surface area contributed by atoms with Crippen LogP contribution in [0.15, 0.2) is 218 Å². The third-order valence-electron chi connectivity index (χ3n) is 15.5. The molecule has 69 heavy (non-hydrogen) atoms. The van der Waals surface area contributed by atoms with E-state index >= 15 is 0 Å². The minimum atomic E-state index is -0.178. The Kier molecular flexibility index (Phi) is 9.98. The quantitative estimate of drug-likeness (QED) is 0.142. The van der Waals surface area contributed by atoms with E-state index in [2.05, 4.69) is 242 Å². The molecule has 0 radical (unpaired) electrons. The predicted molar refractivity (Wildman–Crippen MR) is 291 cm³/mol. The predicted octanol–water partition coefficient (Wildman–Crippen LogP) is 18.1. The molecule has 0 bridgehead atoms. The van der Waals surface area contributed by atoms with E-state index in [4.69, 9.17) is 0 Å². The lowest BCUT2D eigenvalue weighted by molar-refractivity contribution is 0.644. The zero-order chi connectivity index (χ0) is 46.1. The van der Waals surface area contributed by atoms with E-state index in [1.807, 2.05) is 0 Å². The van der Waals surface area contributed by atoms with E-state index in [0.29, 0.717) is 0 Å². The molecule has 0 saturated heterocycles. The SMILES string of the molecule is CC1(C)c2cc(N(c3ccc(-c4ccccc4)cc3)c3ccc(-c4ccccc4)cc3)ccc2-c2c1c1c3c(c(-c4ccc(N(c5ccccc5)c5ccccc5)cc4)cc4c3c2CCC4)CCC1. The Morgan fingerprint density at radius 2 is 0.754 bits per heavy atom. The third kappa shape index (κ3) is 6.92. The van der Waals surface area contributed by atoms with E-state index in [-0.39, 0.29) is 5.41 Å². The fraction of sp³-hybridized carbons (Fsp3) is 0.134. The molecule has 10 aromatic rings. The fourth-order valence-corrected chi connectivity index (χ4v) is 12.4. The number of hydrogen-bond donors (Lipinski definition) is 0. The minimum absolute atomic E-state index is 0.178. The minimum Gasteiger partial charge on any atom is -0.311 e. The molecular weight excluding hydrogens is 833 g/mol. The molecule has 0 N–H and O–H groups in total. The maximum Gasteiger partial charge on any atom is 0.0465 e. The van der Waals surface area contributed by atoms with Gasteiger partial charge in [-0.25, -0.2) is 0 Å². The van der Waals surface area contributed by atoms with Crippen LogP contribution < -0.4 is 9.80 Å². The van der Waals surface area contributed by atoms with Crippen molar-refractivity contribution in [3.8, 4) is 44.5 Å². The summed E-state index contributed by atoms with van der Waals surface area (Å²) in [7, 11) is 0. The smallest absolute Gasteiger partial charge is 0.0465 e. The van der Waals surface area contributed by atoms with Gasteiger partial charge in [-0.3, -0.25) is 0 Å². The first-order valence-corrected chi connectivity index (χ1v) is 24.9. The normalized spacial score (nSPS) is 14.0. The first kappa shape index (κ1) is 41.3. The fourth-order valence-electron chi connectivity index (χ4n) is 12.4. The highest BCUT2D eigenvalue weighted by atomic mass is 15.1. The summed E-state index contributed by atoms with van der Waals surface area (Å²) in [5.74, 6) is 0. The third-order valence-corrected chi connectivity index (χ3v) is 15.5. The van der Waals surface area contributed by atoms with Gasteiger partial charge in [0.05, 0.1) is 0 Å². The van der Waals surface area contributed by atoms with Gasteiger partial charge in [0.1, 0.15) is 0 Å². The maximum atomic E-state index is 2.59. The van der Waals surface area contributed by atoms with Gasteiger partial charge in [0.2, 0.25) is 0 Å². The van der Waals surface area contributed by atoms with E-state index < -0.39 is 0 Å². The van der Waals surface area contributed by atoms with Crippen molar-refractivity contribution in [2.45, 2.75) is 57.8 Å². The van der Waals surface area contributed by atoms with Crippen LogP contribution in [0.5, 0.6) is 0 Å². The first-order chi connectivity index (χ1) is 34.0. The number of benzene rings is 10. The van der Waals surface area contributed by atoms with Crippen LogP contribution in [0.3, 0.4) is 0 Å². The van der Waals surface area contributed by atoms with Gasteiger partial charge in [-0.05, 0) is 200 Å². The molecule has 0 aromatic heterocycles. The Morgan fingerprint density at radius 1 is 0.333 bits per heavy atom. The van der Waals surface area contributed by atoms with Gasteiger partial charge in [0, 0.05) is 39.5 Å². The van der Waals surface area contributed by atoms with Crippen LogP contribution in [0, 0.1) is 0 Å². The van der Waals surface area contributed by atoms with Gasteiger partial charge in [-0.2, -0.15) is 0 Å². The van der Waals surface area contributed by atoms with Crippen molar-refractivity contribution in [2.24, 2.45) is 0 Å². The number of aryl methyl sites for hydroxylation is 4. The summed E-state index contributed by atoms with van der Waals surface area (Å²) >= 11 is 0. The van der Waals surface area contributed by atoms with Gasteiger partial charge in [-0.1, -0.05) is 159 Å².